The van der Waals surface area contributed by atoms with Crippen LogP contribution in [0, 0.1) is 0 Å². The van der Waals surface area contributed by atoms with Crippen molar-refractivity contribution in [3.05, 3.63) is 28.0 Å². The van der Waals surface area contributed by atoms with Gasteiger partial charge in [-0.15, -0.1) is 0 Å². The smallest absolute Gasteiger partial charge is 0.257 e. The molecule has 0 bridgehead atoms. The Morgan fingerprint density at radius 2 is 1.81 bits per heavy atom. The maximum absolute atomic E-state index is 12.1. The van der Waals surface area contributed by atoms with Gasteiger partial charge in [0.15, 0.2) is 0 Å². The predicted octanol–water partition coefficient (Wildman–Crippen LogP) is 1.43. The molecule has 0 saturated carbocycles. The number of amides is 1. The van der Waals surface area contributed by atoms with Crippen molar-refractivity contribution in [1.29, 1.82) is 0 Å². The number of hydrogen-bond acceptors (Lipinski definition) is 3. The monoisotopic (exact) mass is 259 g/mol. The van der Waals surface area contributed by atoms with Crippen LogP contribution in [0.5, 0.6) is 0 Å². The van der Waals surface area contributed by atoms with Gasteiger partial charge in [0.05, 0.1) is 15.6 Å². The van der Waals surface area contributed by atoms with E-state index in [2.05, 4.69) is 10.3 Å². The highest BCUT2D eigenvalue weighted by Crippen LogP contribution is 2.24. The van der Waals surface area contributed by atoms with Crippen LogP contribution < -0.4 is 5.32 Å². The van der Waals surface area contributed by atoms with Crippen LogP contribution in [-0.4, -0.2) is 42.0 Å². The maximum Gasteiger partial charge on any atom is 0.257 e. The summed E-state index contributed by atoms with van der Waals surface area (Å²) in [6, 6.07) is 0. The minimum atomic E-state index is -0.126. The highest BCUT2D eigenvalue weighted by molar-refractivity contribution is 6.39. The first-order valence-corrected chi connectivity index (χ1v) is 5.74. The molecule has 1 fully saturated rings. The Morgan fingerprint density at radius 1 is 1.25 bits per heavy atom. The summed E-state index contributed by atoms with van der Waals surface area (Å²) in [7, 11) is 0. The number of carbonyl (C=O) groups excluding carboxylic acids is 1. The van der Waals surface area contributed by atoms with Crippen molar-refractivity contribution in [2.45, 2.75) is 0 Å². The molecule has 1 aliphatic heterocycles. The molecule has 0 atom stereocenters. The number of pyridine rings is 1. The molecule has 1 aromatic rings. The summed E-state index contributed by atoms with van der Waals surface area (Å²) in [5.74, 6) is -0.126. The zero-order valence-corrected chi connectivity index (χ0v) is 10.1. The van der Waals surface area contributed by atoms with E-state index in [4.69, 9.17) is 23.2 Å². The molecule has 1 N–H and O–H groups in total. The molecule has 2 heterocycles. The number of nitrogens with one attached hydrogen (secondary N) is 1. The van der Waals surface area contributed by atoms with Crippen LogP contribution in [0.4, 0.5) is 0 Å². The fourth-order valence-corrected chi connectivity index (χ4v) is 2.17. The first kappa shape index (κ1) is 11.6. The number of carbonyl (C=O) groups is 1. The second-order valence-corrected chi connectivity index (χ2v) is 4.33. The van der Waals surface area contributed by atoms with Crippen molar-refractivity contribution in [1.82, 2.24) is 15.2 Å². The van der Waals surface area contributed by atoms with Gasteiger partial charge in [0, 0.05) is 38.6 Å². The SMILES string of the molecule is O=C(c1c(Cl)cncc1Cl)N1CCNCC1. The molecule has 1 saturated heterocycles. The van der Waals surface area contributed by atoms with Crippen LogP contribution in [0.1, 0.15) is 10.4 Å². The second kappa shape index (κ2) is 4.99. The topological polar surface area (TPSA) is 45.2 Å². The van der Waals surface area contributed by atoms with Gasteiger partial charge in [0.1, 0.15) is 0 Å². The van der Waals surface area contributed by atoms with Gasteiger partial charge in [-0.3, -0.25) is 9.78 Å². The van der Waals surface area contributed by atoms with Crippen LogP contribution in [0.15, 0.2) is 12.4 Å². The molecule has 0 radical (unpaired) electrons. The molecule has 6 heteroatoms. The van der Waals surface area contributed by atoms with Crippen molar-refractivity contribution in [3.8, 4) is 0 Å². The number of nitrogens with zero attached hydrogens (tertiary/aromatic N) is 2. The molecule has 0 spiro atoms. The Hall–Kier alpha value is -0.840. The van der Waals surface area contributed by atoms with Gasteiger partial charge in [-0.25, -0.2) is 0 Å². The Balaban J connectivity index is 2.26. The summed E-state index contributed by atoms with van der Waals surface area (Å²) in [4.78, 5) is 17.7. The van der Waals surface area contributed by atoms with Crippen molar-refractivity contribution in [3.63, 3.8) is 0 Å². The average molecular weight is 260 g/mol. The van der Waals surface area contributed by atoms with E-state index < -0.39 is 0 Å². The Labute approximate surface area is 104 Å². The normalized spacial score (nSPS) is 16.2. The lowest BCUT2D eigenvalue weighted by molar-refractivity contribution is 0.0736. The van der Waals surface area contributed by atoms with E-state index in [1.165, 1.54) is 12.4 Å². The first-order chi connectivity index (χ1) is 7.70. The third-order valence-corrected chi connectivity index (χ3v) is 3.04. The van der Waals surface area contributed by atoms with Gasteiger partial charge in [-0.1, -0.05) is 23.2 Å². The van der Waals surface area contributed by atoms with Crippen LogP contribution in [0.3, 0.4) is 0 Å². The fraction of sp³-hybridized carbons (Fsp3) is 0.400. The Morgan fingerprint density at radius 3 is 2.38 bits per heavy atom. The molecule has 1 aromatic heterocycles. The minimum Gasteiger partial charge on any atom is -0.336 e. The largest absolute Gasteiger partial charge is 0.336 e. The van der Waals surface area contributed by atoms with E-state index in [0.717, 1.165) is 13.1 Å². The number of rotatable bonds is 1. The van der Waals surface area contributed by atoms with E-state index in [0.29, 0.717) is 28.7 Å². The summed E-state index contributed by atoms with van der Waals surface area (Å²) in [6.45, 7) is 2.94. The highest BCUT2D eigenvalue weighted by Gasteiger charge is 2.22. The number of hydrogen-bond donors (Lipinski definition) is 1. The lowest BCUT2D eigenvalue weighted by atomic mass is 10.2. The highest BCUT2D eigenvalue weighted by atomic mass is 35.5. The number of halogens is 2. The molecular weight excluding hydrogens is 249 g/mol. The molecular formula is C10H11Cl2N3O. The number of piperazine rings is 1. The second-order valence-electron chi connectivity index (χ2n) is 3.52. The summed E-state index contributed by atoms with van der Waals surface area (Å²) in [6.07, 6.45) is 2.87. The van der Waals surface area contributed by atoms with Crippen LogP contribution >= 0.6 is 23.2 Å². The van der Waals surface area contributed by atoms with E-state index >= 15 is 0 Å². The van der Waals surface area contributed by atoms with Gasteiger partial charge in [0.25, 0.3) is 5.91 Å². The molecule has 16 heavy (non-hydrogen) atoms. The lowest BCUT2D eigenvalue weighted by Gasteiger charge is -2.27. The molecule has 2 rings (SSSR count). The molecule has 0 aliphatic carbocycles. The first-order valence-electron chi connectivity index (χ1n) is 4.99. The lowest BCUT2D eigenvalue weighted by Crippen LogP contribution is -2.46. The van der Waals surface area contributed by atoms with Gasteiger partial charge in [-0.05, 0) is 0 Å². The van der Waals surface area contributed by atoms with Gasteiger partial charge in [-0.2, -0.15) is 0 Å². The Bertz CT molecular complexity index is 385. The summed E-state index contributed by atoms with van der Waals surface area (Å²) >= 11 is 11.9. The van der Waals surface area contributed by atoms with Crippen molar-refractivity contribution < 1.29 is 4.79 Å². The summed E-state index contributed by atoms with van der Waals surface area (Å²) in [5, 5.41) is 3.78. The molecule has 1 aliphatic rings. The van der Waals surface area contributed by atoms with E-state index in [1.807, 2.05) is 0 Å². The Kier molecular flexibility index (Phi) is 3.63. The maximum atomic E-state index is 12.1. The van der Waals surface area contributed by atoms with Crippen LogP contribution in [-0.2, 0) is 0 Å². The fourth-order valence-electron chi connectivity index (χ4n) is 1.64. The van der Waals surface area contributed by atoms with Gasteiger partial charge < -0.3 is 10.2 Å². The van der Waals surface area contributed by atoms with Crippen LogP contribution in [0.25, 0.3) is 0 Å². The van der Waals surface area contributed by atoms with E-state index in [9.17, 15) is 4.79 Å². The molecule has 0 unspecified atom stereocenters. The van der Waals surface area contributed by atoms with E-state index in [-0.39, 0.29) is 5.91 Å². The zero-order valence-electron chi connectivity index (χ0n) is 8.54. The van der Waals surface area contributed by atoms with Crippen molar-refractivity contribution in [2.75, 3.05) is 26.2 Å². The average Bonchev–Trinajstić information content (AvgIpc) is 2.30. The molecule has 1 amide bonds. The van der Waals surface area contributed by atoms with Crippen molar-refractivity contribution >= 4 is 29.1 Å². The van der Waals surface area contributed by atoms with Crippen LogP contribution in [0.2, 0.25) is 10.0 Å². The van der Waals surface area contributed by atoms with Gasteiger partial charge in [0.2, 0.25) is 0 Å². The van der Waals surface area contributed by atoms with Gasteiger partial charge >= 0.3 is 0 Å². The molecule has 4 nitrogen and oxygen atoms in total. The number of aromatic nitrogens is 1. The summed E-state index contributed by atoms with van der Waals surface area (Å²) in [5.41, 5.74) is 0.347. The molecule has 86 valence electrons. The third kappa shape index (κ3) is 2.29. The molecule has 0 aromatic carbocycles. The predicted molar refractivity (Wildman–Crippen MR) is 63.0 cm³/mol. The quantitative estimate of drug-likeness (QED) is 0.830. The minimum absolute atomic E-state index is 0.126. The van der Waals surface area contributed by atoms with E-state index in [1.54, 1.807) is 4.90 Å². The standard InChI is InChI=1S/C10H11Cl2N3O/c11-7-5-14-6-8(12)9(7)10(16)15-3-1-13-2-4-15/h5-6,13H,1-4H2. The summed E-state index contributed by atoms with van der Waals surface area (Å²) < 4.78 is 0. The van der Waals surface area contributed by atoms with Crippen molar-refractivity contribution in [2.24, 2.45) is 0 Å². The zero-order chi connectivity index (χ0) is 11.5. The third-order valence-electron chi connectivity index (χ3n) is 2.47.